The molecule has 1 amide bonds. The zero-order chi connectivity index (χ0) is 17.9. The van der Waals surface area contributed by atoms with Crippen LogP contribution in [0, 0.1) is 5.92 Å². The van der Waals surface area contributed by atoms with E-state index in [1.807, 2.05) is 60.7 Å². The monoisotopic (exact) mass is 341 g/mol. The van der Waals surface area contributed by atoms with Gasteiger partial charge in [-0.3, -0.25) is 14.4 Å². The lowest BCUT2D eigenvalue weighted by molar-refractivity contribution is -0.153. The predicted molar refractivity (Wildman–Crippen MR) is 94.3 cm³/mol. The highest BCUT2D eigenvalue weighted by Gasteiger charge is 2.24. The molecule has 0 bridgehead atoms. The lowest BCUT2D eigenvalue weighted by atomic mass is 9.96. The van der Waals surface area contributed by atoms with Crippen LogP contribution < -0.4 is 5.48 Å². The molecule has 1 N–H and O–H groups in total. The second-order valence-corrected chi connectivity index (χ2v) is 5.64. The van der Waals surface area contributed by atoms with Gasteiger partial charge >= 0.3 is 5.97 Å². The third kappa shape index (κ3) is 6.77. The number of amides is 1. The van der Waals surface area contributed by atoms with E-state index in [1.54, 1.807) is 6.92 Å². The van der Waals surface area contributed by atoms with E-state index in [-0.39, 0.29) is 24.9 Å². The van der Waals surface area contributed by atoms with Crippen molar-refractivity contribution in [1.29, 1.82) is 0 Å². The van der Waals surface area contributed by atoms with Gasteiger partial charge in [-0.15, -0.1) is 0 Å². The molecular weight excluding hydrogens is 318 g/mol. The summed E-state index contributed by atoms with van der Waals surface area (Å²) in [5.41, 5.74) is 4.22. The Hall–Kier alpha value is -2.66. The van der Waals surface area contributed by atoms with Crippen molar-refractivity contribution in [3.63, 3.8) is 0 Å². The summed E-state index contributed by atoms with van der Waals surface area (Å²) in [7, 11) is 0. The van der Waals surface area contributed by atoms with E-state index in [1.165, 1.54) is 0 Å². The number of ether oxygens (including phenoxy) is 1. The normalized spacial score (nSPS) is 11.6. The zero-order valence-electron chi connectivity index (χ0n) is 14.3. The lowest BCUT2D eigenvalue weighted by Gasteiger charge is -2.16. The van der Waals surface area contributed by atoms with Crippen molar-refractivity contribution in [3.8, 4) is 0 Å². The maximum absolute atomic E-state index is 12.5. The van der Waals surface area contributed by atoms with Crippen LogP contribution in [0.15, 0.2) is 60.7 Å². The van der Waals surface area contributed by atoms with Crippen LogP contribution in [0.5, 0.6) is 0 Å². The van der Waals surface area contributed by atoms with Crippen molar-refractivity contribution in [2.75, 3.05) is 6.61 Å². The van der Waals surface area contributed by atoms with E-state index in [0.29, 0.717) is 13.0 Å². The number of hydrogen-bond donors (Lipinski definition) is 1. The van der Waals surface area contributed by atoms with Crippen LogP contribution in [0.25, 0.3) is 0 Å². The van der Waals surface area contributed by atoms with Crippen molar-refractivity contribution >= 4 is 11.9 Å². The molecule has 0 aliphatic rings. The van der Waals surface area contributed by atoms with Gasteiger partial charge in [-0.2, -0.15) is 0 Å². The zero-order valence-corrected chi connectivity index (χ0v) is 14.3. The molecule has 2 aromatic rings. The van der Waals surface area contributed by atoms with Gasteiger partial charge in [0.2, 0.25) is 5.91 Å². The third-order valence-electron chi connectivity index (χ3n) is 3.64. The predicted octanol–water partition coefficient (Wildman–Crippen LogP) is 3.05. The Morgan fingerprint density at radius 1 is 0.960 bits per heavy atom. The topological polar surface area (TPSA) is 64.6 Å². The Bertz CT molecular complexity index is 658. The van der Waals surface area contributed by atoms with Crippen molar-refractivity contribution in [2.45, 2.75) is 26.4 Å². The van der Waals surface area contributed by atoms with Gasteiger partial charge in [0.05, 0.1) is 12.5 Å². The highest BCUT2D eigenvalue weighted by Crippen LogP contribution is 2.15. The fraction of sp³-hybridized carbons (Fsp3) is 0.300. The summed E-state index contributed by atoms with van der Waals surface area (Å²) < 4.78 is 5.41. The van der Waals surface area contributed by atoms with Crippen LogP contribution in [0.1, 0.15) is 24.5 Å². The fourth-order valence-electron chi connectivity index (χ4n) is 2.40. The quantitative estimate of drug-likeness (QED) is 0.562. The standard InChI is InChI=1S/C20H23NO4/c1-2-25-21-19(22)14-18(13-16-9-5-3-6-10-16)20(23)24-15-17-11-7-4-8-12-17/h3-12,18H,2,13-15H2,1H3,(H,21,22)/t18-/m1/s1. The molecule has 0 fully saturated rings. The average Bonchev–Trinajstić information content (AvgIpc) is 2.65. The summed E-state index contributed by atoms with van der Waals surface area (Å²) in [6, 6.07) is 19.0. The molecule has 0 heterocycles. The number of hydrogen-bond acceptors (Lipinski definition) is 4. The summed E-state index contributed by atoms with van der Waals surface area (Å²) in [5, 5.41) is 0. The molecule has 0 spiro atoms. The first-order valence-corrected chi connectivity index (χ1v) is 8.34. The summed E-state index contributed by atoms with van der Waals surface area (Å²) in [6.45, 7) is 2.33. The Morgan fingerprint density at radius 3 is 2.16 bits per heavy atom. The van der Waals surface area contributed by atoms with Crippen LogP contribution >= 0.6 is 0 Å². The van der Waals surface area contributed by atoms with Gasteiger partial charge < -0.3 is 4.74 Å². The minimum Gasteiger partial charge on any atom is -0.461 e. The Morgan fingerprint density at radius 2 is 1.56 bits per heavy atom. The molecule has 5 nitrogen and oxygen atoms in total. The van der Waals surface area contributed by atoms with Crippen LogP contribution in [0.3, 0.4) is 0 Å². The fourth-order valence-corrected chi connectivity index (χ4v) is 2.40. The van der Waals surface area contributed by atoms with E-state index >= 15 is 0 Å². The van der Waals surface area contributed by atoms with Crippen molar-refractivity contribution in [3.05, 3.63) is 71.8 Å². The summed E-state index contributed by atoms with van der Waals surface area (Å²) in [4.78, 5) is 29.3. The minimum atomic E-state index is -0.563. The molecule has 0 saturated heterocycles. The number of nitrogens with one attached hydrogen (secondary N) is 1. The molecule has 0 unspecified atom stereocenters. The third-order valence-corrected chi connectivity index (χ3v) is 3.64. The first-order chi connectivity index (χ1) is 12.2. The van der Waals surface area contributed by atoms with Gasteiger partial charge in [0.25, 0.3) is 0 Å². The van der Waals surface area contributed by atoms with Gasteiger partial charge in [-0.25, -0.2) is 5.48 Å². The Kier molecular flexibility index (Phi) is 7.66. The first-order valence-electron chi connectivity index (χ1n) is 8.34. The molecule has 2 rings (SSSR count). The van der Waals surface area contributed by atoms with E-state index < -0.39 is 5.92 Å². The Balaban J connectivity index is 1.98. The van der Waals surface area contributed by atoms with E-state index in [4.69, 9.17) is 9.57 Å². The van der Waals surface area contributed by atoms with Crippen molar-refractivity contribution < 1.29 is 19.2 Å². The summed E-state index contributed by atoms with van der Waals surface area (Å²) in [6.07, 6.45) is 0.455. The van der Waals surface area contributed by atoms with Crippen LogP contribution in [-0.4, -0.2) is 18.5 Å². The maximum Gasteiger partial charge on any atom is 0.310 e. The number of rotatable bonds is 9. The van der Waals surface area contributed by atoms with Crippen LogP contribution in [0.4, 0.5) is 0 Å². The molecule has 1 atom stereocenters. The number of carbonyl (C=O) groups is 2. The Labute approximate surface area is 147 Å². The number of esters is 1. The molecule has 0 aromatic heterocycles. The van der Waals surface area contributed by atoms with Gasteiger partial charge in [-0.1, -0.05) is 60.7 Å². The van der Waals surface area contributed by atoms with Crippen molar-refractivity contribution in [1.82, 2.24) is 5.48 Å². The molecular formula is C20H23NO4. The molecule has 0 radical (unpaired) electrons. The largest absolute Gasteiger partial charge is 0.461 e. The van der Waals surface area contributed by atoms with Crippen LogP contribution in [0.2, 0.25) is 0 Å². The maximum atomic E-state index is 12.5. The van der Waals surface area contributed by atoms with Gasteiger partial charge in [0, 0.05) is 6.42 Å². The van der Waals surface area contributed by atoms with Gasteiger partial charge in [-0.05, 0) is 24.5 Å². The number of carbonyl (C=O) groups excluding carboxylic acids is 2. The average molecular weight is 341 g/mol. The van der Waals surface area contributed by atoms with Gasteiger partial charge in [0.15, 0.2) is 0 Å². The summed E-state index contributed by atoms with van der Waals surface area (Å²) >= 11 is 0. The highest BCUT2D eigenvalue weighted by molar-refractivity contribution is 5.82. The molecule has 5 heteroatoms. The SMILES string of the molecule is CCONC(=O)C[C@@H](Cc1ccccc1)C(=O)OCc1ccccc1. The molecule has 25 heavy (non-hydrogen) atoms. The number of hydroxylamine groups is 1. The molecule has 0 aliphatic carbocycles. The molecule has 2 aromatic carbocycles. The second-order valence-electron chi connectivity index (χ2n) is 5.64. The molecule has 0 aliphatic heterocycles. The van der Waals surface area contributed by atoms with Gasteiger partial charge in [0.1, 0.15) is 6.61 Å². The van der Waals surface area contributed by atoms with E-state index in [9.17, 15) is 9.59 Å². The second kappa shape index (κ2) is 10.3. The lowest BCUT2D eigenvalue weighted by Crippen LogP contribution is -2.30. The smallest absolute Gasteiger partial charge is 0.310 e. The summed E-state index contributed by atoms with van der Waals surface area (Å²) in [5.74, 6) is -1.29. The molecule has 132 valence electrons. The van der Waals surface area contributed by atoms with E-state index in [2.05, 4.69) is 5.48 Å². The number of benzene rings is 2. The van der Waals surface area contributed by atoms with E-state index in [0.717, 1.165) is 11.1 Å². The minimum absolute atomic E-state index is 0.0164. The highest BCUT2D eigenvalue weighted by atomic mass is 16.6. The first kappa shape index (κ1) is 18.7. The van der Waals surface area contributed by atoms with Crippen molar-refractivity contribution in [2.24, 2.45) is 5.92 Å². The van der Waals surface area contributed by atoms with Crippen LogP contribution in [-0.2, 0) is 32.2 Å². The molecule has 0 saturated carbocycles.